The third kappa shape index (κ3) is 3.47. The predicted molar refractivity (Wildman–Crippen MR) is 118 cm³/mol. The minimum atomic E-state index is -0.235. The molecule has 0 radical (unpaired) electrons. The highest BCUT2D eigenvalue weighted by Crippen LogP contribution is 2.37. The number of anilines is 1. The molecule has 1 unspecified atom stereocenters. The highest BCUT2D eigenvalue weighted by molar-refractivity contribution is 6.31. The van der Waals surface area contributed by atoms with Crippen LogP contribution in [-0.2, 0) is 11.3 Å². The van der Waals surface area contributed by atoms with Crippen molar-refractivity contribution in [2.45, 2.75) is 33.2 Å². The molecule has 1 heterocycles. The summed E-state index contributed by atoms with van der Waals surface area (Å²) >= 11 is 6.22. The van der Waals surface area contributed by atoms with Gasteiger partial charge < -0.3 is 4.90 Å². The molecular weight excluding hydrogens is 382 g/mol. The van der Waals surface area contributed by atoms with Crippen LogP contribution in [0.1, 0.15) is 46.8 Å². The van der Waals surface area contributed by atoms with Gasteiger partial charge in [-0.15, -0.1) is 0 Å². The number of nitrogens with zero attached hydrogens (tertiary/aromatic N) is 1. The van der Waals surface area contributed by atoms with Crippen LogP contribution in [0.4, 0.5) is 5.69 Å². The van der Waals surface area contributed by atoms with Crippen LogP contribution in [-0.4, -0.2) is 11.7 Å². The Morgan fingerprint density at radius 3 is 2.48 bits per heavy atom. The largest absolute Gasteiger partial charge is 0.304 e. The molecule has 146 valence electrons. The number of hydrogen-bond donors (Lipinski definition) is 0. The summed E-state index contributed by atoms with van der Waals surface area (Å²) in [6.07, 6.45) is 0. The molecule has 29 heavy (non-hydrogen) atoms. The first-order chi connectivity index (χ1) is 13.9. The van der Waals surface area contributed by atoms with Gasteiger partial charge in [-0.05, 0) is 72.0 Å². The molecule has 0 saturated carbocycles. The van der Waals surface area contributed by atoms with Gasteiger partial charge in [0.05, 0.1) is 6.54 Å². The summed E-state index contributed by atoms with van der Waals surface area (Å²) < 4.78 is 0. The van der Waals surface area contributed by atoms with Gasteiger partial charge in [0.2, 0.25) is 0 Å². The van der Waals surface area contributed by atoms with E-state index in [9.17, 15) is 9.59 Å². The van der Waals surface area contributed by atoms with Gasteiger partial charge in [-0.25, -0.2) is 0 Å². The second kappa shape index (κ2) is 7.49. The first kappa shape index (κ1) is 19.4. The molecule has 1 atom stereocenters. The van der Waals surface area contributed by atoms with E-state index in [1.165, 1.54) is 0 Å². The second-order valence-corrected chi connectivity index (χ2v) is 8.02. The van der Waals surface area contributed by atoms with Crippen LogP contribution in [0.5, 0.6) is 0 Å². The number of aryl methyl sites for hydroxylation is 1. The fourth-order valence-electron chi connectivity index (χ4n) is 3.83. The third-order valence-corrected chi connectivity index (χ3v) is 6.14. The second-order valence-electron chi connectivity index (χ2n) is 7.62. The number of Topliss-reactive ketones (excluding diaryl/α,β-unsaturated/α-hetero) is 1. The highest BCUT2D eigenvalue weighted by atomic mass is 35.5. The topological polar surface area (TPSA) is 37.4 Å². The minimum absolute atomic E-state index is 0.00574. The van der Waals surface area contributed by atoms with E-state index in [1.807, 2.05) is 74.5 Å². The Morgan fingerprint density at radius 1 is 1.03 bits per heavy atom. The molecule has 0 fully saturated rings. The van der Waals surface area contributed by atoms with Crippen molar-refractivity contribution < 1.29 is 9.59 Å². The molecule has 1 aliphatic heterocycles. The number of rotatable bonds is 4. The maximum Gasteiger partial charge on any atom is 0.258 e. The summed E-state index contributed by atoms with van der Waals surface area (Å²) in [7, 11) is 0. The number of ketones is 1. The van der Waals surface area contributed by atoms with Gasteiger partial charge >= 0.3 is 0 Å². The van der Waals surface area contributed by atoms with Gasteiger partial charge in [-0.3, -0.25) is 9.59 Å². The molecule has 0 spiro atoms. The zero-order chi connectivity index (χ0) is 20.7. The van der Waals surface area contributed by atoms with E-state index in [-0.39, 0.29) is 17.6 Å². The van der Waals surface area contributed by atoms with E-state index in [0.29, 0.717) is 11.6 Å². The van der Waals surface area contributed by atoms with Crippen LogP contribution in [0.2, 0.25) is 5.02 Å². The van der Waals surface area contributed by atoms with Gasteiger partial charge in [-0.2, -0.15) is 0 Å². The van der Waals surface area contributed by atoms with E-state index >= 15 is 0 Å². The summed E-state index contributed by atoms with van der Waals surface area (Å²) in [6.45, 7) is 6.04. The van der Waals surface area contributed by atoms with Gasteiger partial charge in [0.15, 0.2) is 0 Å². The lowest BCUT2D eigenvalue weighted by atomic mass is 9.88. The van der Waals surface area contributed by atoms with Crippen LogP contribution in [0.15, 0.2) is 60.7 Å². The monoisotopic (exact) mass is 403 g/mol. The molecule has 1 amide bonds. The van der Waals surface area contributed by atoms with Gasteiger partial charge in [0.1, 0.15) is 5.78 Å². The zero-order valence-electron chi connectivity index (χ0n) is 16.7. The smallest absolute Gasteiger partial charge is 0.258 e. The number of benzene rings is 3. The number of hydrogen-bond acceptors (Lipinski definition) is 2. The van der Waals surface area contributed by atoms with E-state index < -0.39 is 0 Å². The Hall–Kier alpha value is -2.91. The molecule has 3 aromatic carbocycles. The molecule has 0 saturated heterocycles. The number of carbonyl (C=O) groups is 2. The highest BCUT2D eigenvalue weighted by Gasteiger charge is 2.29. The molecule has 0 aromatic heterocycles. The average molecular weight is 404 g/mol. The molecule has 4 rings (SSSR count). The SMILES string of the molecule is CC(=O)C(C)c1ccc(N2Cc3ccccc3C2=O)cc1-c1ccc(Cl)c(C)c1. The molecule has 3 aromatic rings. The van der Waals surface area contributed by atoms with Crippen molar-refractivity contribution in [3.8, 4) is 11.1 Å². The van der Waals surface area contributed by atoms with E-state index in [0.717, 1.165) is 39.1 Å². The zero-order valence-corrected chi connectivity index (χ0v) is 17.5. The lowest BCUT2D eigenvalue weighted by molar-refractivity contribution is -0.118. The summed E-state index contributed by atoms with van der Waals surface area (Å²) in [5.74, 6) is -0.123. The van der Waals surface area contributed by atoms with Crippen LogP contribution in [0, 0.1) is 6.92 Å². The first-order valence-electron chi connectivity index (χ1n) is 9.67. The molecular formula is C25H22ClNO2. The lowest BCUT2D eigenvalue weighted by Crippen LogP contribution is -2.23. The van der Waals surface area contributed by atoms with Crippen molar-refractivity contribution in [1.29, 1.82) is 0 Å². The molecule has 3 nitrogen and oxygen atoms in total. The van der Waals surface area contributed by atoms with E-state index in [2.05, 4.69) is 0 Å². The molecule has 1 aliphatic rings. The molecule has 0 aliphatic carbocycles. The van der Waals surface area contributed by atoms with Crippen molar-refractivity contribution >= 4 is 29.0 Å². The normalized spacial score (nSPS) is 14.1. The van der Waals surface area contributed by atoms with Gasteiger partial charge in [-0.1, -0.05) is 48.9 Å². The van der Waals surface area contributed by atoms with Crippen molar-refractivity contribution in [3.63, 3.8) is 0 Å². The summed E-state index contributed by atoms with van der Waals surface area (Å²) in [5, 5.41) is 0.705. The Morgan fingerprint density at radius 2 is 1.79 bits per heavy atom. The average Bonchev–Trinajstić information content (AvgIpc) is 3.06. The standard InChI is InChI=1S/C25H22ClNO2/c1-15-12-18(8-11-24(15)26)23-13-20(9-10-21(23)16(2)17(3)28)27-14-19-6-4-5-7-22(19)25(27)29/h4-13,16H,14H2,1-3H3. The fourth-order valence-corrected chi connectivity index (χ4v) is 3.95. The molecule has 0 bridgehead atoms. The van der Waals surface area contributed by atoms with Crippen LogP contribution in [0.25, 0.3) is 11.1 Å². The van der Waals surface area contributed by atoms with Crippen LogP contribution in [0.3, 0.4) is 0 Å². The van der Waals surface area contributed by atoms with E-state index in [1.54, 1.807) is 11.8 Å². The van der Waals surface area contributed by atoms with Crippen molar-refractivity contribution in [1.82, 2.24) is 0 Å². The van der Waals surface area contributed by atoms with Gasteiger partial charge in [0.25, 0.3) is 5.91 Å². The van der Waals surface area contributed by atoms with Crippen molar-refractivity contribution in [2.24, 2.45) is 0 Å². The van der Waals surface area contributed by atoms with Crippen molar-refractivity contribution in [2.75, 3.05) is 4.90 Å². The minimum Gasteiger partial charge on any atom is -0.304 e. The number of halogens is 1. The summed E-state index contributed by atoms with van der Waals surface area (Å²) in [4.78, 5) is 26.8. The van der Waals surface area contributed by atoms with Crippen LogP contribution < -0.4 is 4.90 Å². The Kier molecular flexibility index (Phi) is 5.01. The number of carbonyl (C=O) groups excluding carboxylic acids is 2. The number of fused-ring (bicyclic) bond motifs is 1. The Bertz CT molecular complexity index is 1140. The molecule has 0 N–H and O–H groups in total. The van der Waals surface area contributed by atoms with Gasteiger partial charge in [0, 0.05) is 22.2 Å². The first-order valence-corrected chi connectivity index (χ1v) is 10.1. The Balaban J connectivity index is 1.83. The van der Waals surface area contributed by atoms with E-state index in [4.69, 9.17) is 11.6 Å². The maximum atomic E-state index is 12.9. The summed E-state index contributed by atoms with van der Waals surface area (Å²) in [6, 6.07) is 19.5. The third-order valence-electron chi connectivity index (χ3n) is 5.72. The predicted octanol–water partition coefficient (Wildman–Crippen LogP) is 6.17. The quantitative estimate of drug-likeness (QED) is 0.522. The maximum absolute atomic E-state index is 12.9. The van der Waals surface area contributed by atoms with Crippen LogP contribution >= 0.6 is 11.6 Å². The summed E-state index contributed by atoms with van der Waals surface area (Å²) in [5.41, 5.74) is 6.47. The van der Waals surface area contributed by atoms with Crippen molar-refractivity contribution in [3.05, 3.63) is 87.9 Å². The Labute approximate surface area is 175 Å². The lowest BCUT2D eigenvalue weighted by Gasteiger charge is -2.21. The molecule has 4 heteroatoms. The number of amides is 1. The fraction of sp³-hybridized carbons (Fsp3) is 0.200.